The summed E-state index contributed by atoms with van der Waals surface area (Å²) in [6, 6.07) is 0. The SMILES string of the molecule is C=C(C(=O)OS(=O)O)C(F)(F)F. The molecular weight excluding hydrogens is 201 g/mol. The number of carbonyl (C=O) groups excluding carboxylic acids is 1. The van der Waals surface area contributed by atoms with Crippen LogP contribution in [0.5, 0.6) is 0 Å². The minimum atomic E-state index is -4.95. The van der Waals surface area contributed by atoms with Crippen molar-refractivity contribution in [2.45, 2.75) is 6.18 Å². The van der Waals surface area contributed by atoms with Gasteiger partial charge in [-0.3, -0.25) is 4.55 Å². The van der Waals surface area contributed by atoms with Gasteiger partial charge in [0.1, 0.15) is 5.57 Å². The van der Waals surface area contributed by atoms with Gasteiger partial charge in [0.15, 0.2) is 0 Å². The van der Waals surface area contributed by atoms with Crippen LogP contribution in [-0.4, -0.2) is 20.9 Å². The predicted molar refractivity (Wildman–Crippen MR) is 32.1 cm³/mol. The van der Waals surface area contributed by atoms with Crippen LogP contribution in [0.25, 0.3) is 0 Å². The van der Waals surface area contributed by atoms with E-state index in [9.17, 15) is 22.2 Å². The Morgan fingerprint density at radius 3 is 2.17 bits per heavy atom. The molecule has 0 fully saturated rings. The van der Waals surface area contributed by atoms with Crippen LogP contribution in [0.4, 0.5) is 13.2 Å². The monoisotopic (exact) mass is 204 g/mol. The summed E-state index contributed by atoms with van der Waals surface area (Å²) in [6.45, 7) is 2.33. The van der Waals surface area contributed by atoms with Crippen molar-refractivity contribution in [1.29, 1.82) is 0 Å². The smallest absolute Gasteiger partial charge is 0.339 e. The first kappa shape index (κ1) is 11.1. The Balaban J connectivity index is 4.32. The Morgan fingerprint density at radius 2 is 1.92 bits per heavy atom. The first-order valence-electron chi connectivity index (χ1n) is 2.34. The predicted octanol–water partition coefficient (Wildman–Crippen LogP) is 0.785. The first-order chi connectivity index (χ1) is 5.25. The zero-order valence-electron chi connectivity index (χ0n) is 5.42. The summed E-state index contributed by atoms with van der Waals surface area (Å²) >= 11 is -3.06. The number of rotatable bonds is 2. The molecule has 1 atom stereocenters. The number of halogens is 3. The molecule has 0 aliphatic carbocycles. The third kappa shape index (κ3) is 3.49. The molecule has 1 N–H and O–H groups in total. The zero-order chi connectivity index (χ0) is 9.94. The van der Waals surface area contributed by atoms with Crippen molar-refractivity contribution >= 4 is 17.3 Å². The Morgan fingerprint density at radius 1 is 1.50 bits per heavy atom. The fourth-order valence-electron chi connectivity index (χ4n) is 0.231. The van der Waals surface area contributed by atoms with Crippen LogP contribution in [0, 0.1) is 0 Å². The van der Waals surface area contributed by atoms with Crippen LogP contribution in [-0.2, 0) is 20.3 Å². The summed E-state index contributed by atoms with van der Waals surface area (Å²) in [6.07, 6.45) is -4.95. The zero-order valence-corrected chi connectivity index (χ0v) is 6.24. The number of alkyl halides is 3. The average molecular weight is 204 g/mol. The fourth-order valence-corrected chi connectivity index (χ4v) is 0.461. The van der Waals surface area contributed by atoms with Crippen molar-refractivity contribution in [3.63, 3.8) is 0 Å². The van der Waals surface area contributed by atoms with Crippen molar-refractivity contribution < 1.29 is 30.9 Å². The molecule has 0 aromatic heterocycles. The fraction of sp³-hybridized carbons (Fsp3) is 0.250. The molecule has 0 aromatic rings. The molecule has 70 valence electrons. The van der Waals surface area contributed by atoms with E-state index in [0.29, 0.717) is 0 Å². The summed E-state index contributed by atoms with van der Waals surface area (Å²) in [7, 11) is 0. The highest BCUT2D eigenvalue weighted by molar-refractivity contribution is 7.74. The lowest BCUT2D eigenvalue weighted by Crippen LogP contribution is -2.21. The van der Waals surface area contributed by atoms with Crippen LogP contribution in [0.15, 0.2) is 12.2 Å². The van der Waals surface area contributed by atoms with Gasteiger partial charge in [0.25, 0.3) is 0 Å². The molecule has 0 saturated heterocycles. The molecule has 0 aliphatic heterocycles. The van der Waals surface area contributed by atoms with E-state index in [1.165, 1.54) is 0 Å². The van der Waals surface area contributed by atoms with Crippen molar-refractivity contribution in [3.8, 4) is 0 Å². The highest BCUT2D eigenvalue weighted by Gasteiger charge is 2.38. The largest absolute Gasteiger partial charge is 0.422 e. The molecular formula is C4H3F3O4S. The third-order valence-corrected chi connectivity index (χ3v) is 1.03. The van der Waals surface area contributed by atoms with Gasteiger partial charge in [-0.15, -0.1) is 0 Å². The van der Waals surface area contributed by atoms with E-state index in [0.717, 1.165) is 0 Å². The molecule has 0 rings (SSSR count). The molecule has 0 aromatic carbocycles. The summed E-state index contributed by atoms with van der Waals surface area (Å²) in [4.78, 5) is 10.2. The normalized spacial score (nSPS) is 13.7. The molecule has 0 bridgehead atoms. The van der Waals surface area contributed by atoms with Crippen LogP contribution >= 0.6 is 0 Å². The second-order valence-electron chi connectivity index (χ2n) is 1.56. The van der Waals surface area contributed by atoms with Crippen LogP contribution < -0.4 is 0 Å². The second kappa shape index (κ2) is 3.68. The van der Waals surface area contributed by atoms with E-state index in [1.807, 2.05) is 0 Å². The molecule has 0 saturated carbocycles. The van der Waals surface area contributed by atoms with Gasteiger partial charge in [0.2, 0.25) is 0 Å². The van der Waals surface area contributed by atoms with Gasteiger partial charge in [-0.25, -0.2) is 4.79 Å². The molecule has 0 radical (unpaired) electrons. The number of hydrogen-bond acceptors (Lipinski definition) is 3. The van der Waals surface area contributed by atoms with Gasteiger partial charge in [0.05, 0.1) is 0 Å². The Kier molecular flexibility index (Phi) is 3.40. The van der Waals surface area contributed by atoms with Crippen LogP contribution in [0.3, 0.4) is 0 Å². The Bertz CT molecular complexity index is 233. The van der Waals surface area contributed by atoms with E-state index >= 15 is 0 Å². The lowest BCUT2D eigenvalue weighted by atomic mass is 10.3. The van der Waals surface area contributed by atoms with Gasteiger partial charge in [-0.1, -0.05) is 6.58 Å². The van der Waals surface area contributed by atoms with Crippen LogP contribution in [0.1, 0.15) is 0 Å². The van der Waals surface area contributed by atoms with Crippen molar-refractivity contribution in [1.82, 2.24) is 0 Å². The summed E-state index contributed by atoms with van der Waals surface area (Å²) in [5.74, 6) is -1.97. The van der Waals surface area contributed by atoms with Crippen molar-refractivity contribution in [2.75, 3.05) is 0 Å². The number of carbonyl (C=O) groups is 1. The highest BCUT2D eigenvalue weighted by Crippen LogP contribution is 2.24. The van der Waals surface area contributed by atoms with Gasteiger partial charge in [0, 0.05) is 0 Å². The minimum Gasteiger partial charge on any atom is -0.339 e. The van der Waals surface area contributed by atoms with Gasteiger partial charge < -0.3 is 4.18 Å². The maximum atomic E-state index is 11.6. The second-order valence-corrected chi connectivity index (χ2v) is 2.17. The lowest BCUT2D eigenvalue weighted by molar-refractivity contribution is -0.141. The maximum Gasteiger partial charge on any atom is 0.422 e. The topological polar surface area (TPSA) is 63.6 Å². The molecule has 4 nitrogen and oxygen atoms in total. The van der Waals surface area contributed by atoms with E-state index in [2.05, 4.69) is 10.8 Å². The molecule has 8 heteroatoms. The van der Waals surface area contributed by atoms with Gasteiger partial charge in [-0.05, 0) is 0 Å². The van der Waals surface area contributed by atoms with Crippen molar-refractivity contribution in [2.24, 2.45) is 0 Å². The molecule has 1 unspecified atom stereocenters. The van der Waals surface area contributed by atoms with E-state index in [1.54, 1.807) is 0 Å². The molecule has 0 spiro atoms. The van der Waals surface area contributed by atoms with E-state index in [4.69, 9.17) is 4.55 Å². The Labute approximate surface area is 67.5 Å². The molecule has 0 aliphatic rings. The molecule has 0 amide bonds. The summed E-state index contributed by atoms with van der Waals surface area (Å²) < 4.78 is 55.6. The third-order valence-electron chi connectivity index (χ3n) is 0.736. The molecule has 0 heterocycles. The lowest BCUT2D eigenvalue weighted by Gasteiger charge is -2.06. The van der Waals surface area contributed by atoms with Crippen molar-refractivity contribution in [3.05, 3.63) is 12.2 Å². The number of hydrogen-bond donors (Lipinski definition) is 1. The van der Waals surface area contributed by atoms with Crippen LogP contribution in [0.2, 0.25) is 0 Å². The standard InChI is InChI=1S/C4H3F3O4S/c1-2(4(5,6)7)3(8)11-12(9)10/h1H2,(H,9,10). The van der Waals surface area contributed by atoms with Gasteiger partial charge >= 0.3 is 23.5 Å². The van der Waals surface area contributed by atoms with Gasteiger partial charge in [-0.2, -0.15) is 17.4 Å². The quantitative estimate of drug-likeness (QED) is 0.533. The minimum absolute atomic E-state index is 1.83. The average Bonchev–Trinajstić information content (AvgIpc) is 1.82. The maximum absolute atomic E-state index is 11.6. The summed E-state index contributed by atoms with van der Waals surface area (Å²) in [5.41, 5.74) is -1.83. The van der Waals surface area contributed by atoms with E-state index in [-0.39, 0.29) is 0 Å². The first-order valence-corrected chi connectivity index (χ1v) is 3.38. The summed E-state index contributed by atoms with van der Waals surface area (Å²) in [5, 5.41) is 0. The van der Waals surface area contributed by atoms with E-state index < -0.39 is 29.1 Å². The molecule has 12 heavy (non-hydrogen) atoms. The Hall–Kier alpha value is -0.890. The highest BCUT2D eigenvalue weighted by atomic mass is 32.2.